The summed E-state index contributed by atoms with van der Waals surface area (Å²) in [5, 5.41) is 2.80. The van der Waals surface area contributed by atoms with E-state index < -0.39 is 39.2 Å². The molecule has 2 aliphatic carbocycles. The standard InChI is InChI=1S/C27H37FN4O5S/c28-19-10-12-20(13-11-19)30-23(27(35)32-16-6-9-24(32)25(29)33)8-5-3-1-2-4-7-18-17-22(18)26(34)31-38(36,37)21-14-15-21/h4,7,10-13,18,21-24,30H,1-3,5-6,8-9,14-17H2,(H2,29,33)(H,31,34)/b7-4-/t18-,22+,23+,24+/m1/s1. The summed E-state index contributed by atoms with van der Waals surface area (Å²) in [5.41, 5.74) is 6.14. The van der Waals surface area contributed by atoms with Gasteiger partial charge in [-0.05, 0) is 81.5 Å². The lowest BCUT2D eigenvalue weighted by Gasteiger charge is -2.28. The first-order chi connectivity index (χ1) is 18.2. The number of carbonyl (C=O) groups is 3. The summed E-state index contributed by atoms with van der Waals surface area (Å²) in [7, 11) is -3.49. The van der Waals surface area contributed by atoms with Crippen molar-refractivity contribution in [1.29, 1.82) is 0 Å². The van der Waals surface area contributed by atoms with Crippen LogP contribution in [-0.4, -0.2) is 54.9 Å². The minimum atomic E-state index is -3.49. The predicted molar refractivity (Wildman–Crippen MR) is 142 cm³/mol. The van der Waals surface area contributed by atoms with Crippen molar-refractivity contribution < 1.29 is 27.2 Å². The average molecular weight is 549 g/mol. The van der Waals surface area contributed by atoms with E-state index in [1.807, 2.05) is 12.2 Å². The summed E-state index contributed by atoms with van der Waals surface area (Å²) in [4.78, 5) is 38.8. The molecule has 38 heavy (non-hydrogen) atoms. The van der Waals surface area contributed by atoms with Gasteiger partial charge < -0.3 is 16.0 Å². The Morgan fingerprint density at radius 1 is 1.11 bits per heavy atom. The van der Waals surface area contributed by atoms with E-state index in [9.17, 15) is 27.2 Å². The zero-order valence-corrected chi connectivity index (χ0v) is 22.3. The van der Waals surface area contributed by atoms with Gasteiger partial charge in [-0.3, -0.25) is 19.1 Å². The Morgan fingerprint density at radius 2 is 1.84 bits per heavy atom. The molecule has 3 aliphatic rings. The highest BCUT2D eigenvalue weighted by atomic mass is 32.2. The monoisotopic (exact) mass is 548 g/mol. The van der Waals surface area contributed by atoms with Gasteiger partial charge in [0.05, 0.1) is 5.25 Å². The maximum Gasteiger partial charge on any atom is 0.245 e. The number of allylic oxidation sites excluding steroid dienone is 2. The maximum atomic E-state index is 13.3. The molecule has 4 rings (SSSR count). The first kappa shape index (κ1) is 28.1. The highest BCUT2D eigenvalue weighted by Gasteiger charge is 2.45. The van der Waals surface area contributed by atoms with Crippen molar-refractivity contribution in [3.63, 3.8) is 0 Å². The van der Waals surface area contributed by atoms with E-state index in [1.54, 1.807) is 17.0 Å². The van der Waals surface area contributed by atoms with E-state index >= 15 is 0 Å². The number of nitrogens with two attached hydrogens (primary N) is 1. The Balaban J connectivity index is 1.20. The molecule has 3 amide bonds. The summed E-state index contributed by atoms with van der Waals surface area (Å²) in [6.07, 6.45) is 11.2. The van der Waals surface area contributed by atoms with Crippen LogP contribution in [0.1, 0.15) is 64.2 Å². The van der Waals surface area contributed by atoms with Crippen LogP contribution in [0.15, 0.2) is 36.4 Å². The summed E-state index contributed by atoms with van der Waals surface area (Å²) in [6, 6.07) is 4.70. The molecule has 3 fully saturated rings. The normalized spacial score (nSPS) is 23.8. The van der Waals surface area contributed by atoms with Gasteiger partial charge in [0.2, 0.25) is 27.7 Å². The van der Waals surface area contributed by atoms with Gasteiger partial charge in [-0.15, -0.1) is 0 Å². The van der Waals surface area contributed by atoms with Gasteiger partial charge in [-0.1, -0.05) is 25.0 Å². The molecular formula is C27H37FN4O5S. The lowest BCUT2D eigenvalue weighted by molar-refractivity contribution is -0.138. The number of rotatable bonds is 14. The number of unbranched alkanes of at least 4 members (excludes halogenated alkanes) is 3. The average Bonchev–Trinajstić information content (AvgIpc) is 3.80. The van der Waals surface area contributed by atoms with Gasteiger partial charge in [0.25, 0.3) is 0 Å². The second-order valence-corrected chi connectivity index (χ2v) is 12.5. The van der Waals surface area contributed by atoms with Crippen molar-refractivity contribution in [2.75, 3.05) is 11.9 Å². The van der Waals surface area contributed by atoms with Crippen molar-refractivity contribution in [3.8, 4) is 0 Å². The highest BCUT2D eigenvalue weighted by molar-refractivity contribution is 7.90. The summed E-state index contributed by atoms with van der Waals surface area (Å²) in [6.45, 7) is 0.492. The fraction of sp³-hybridized carbons (Fsp3) is 0.593. The van der Waals surface area contributed by atoms with E-state index in [4.69, 9.17) is 5.73 Å². The van der Waals surface area contributed by atoms with Crippen LogP contribution in [0.2, 0.25) is 0 Å². The molecule has 4 atom stereocenters. The molecule has 1 aliphatic heterocycles. The van der Waals surface area contributed by atoms with Crippen LogP contribution in [0, 0.1) is 17.7 Å². The lowest BCUT2D eigenvalue weighted by atomic mass is 10.0. The van der Waals surface area contributed by atoms with Crippen molar-refractivity contribution in [2.24, 2.45) is 17.6 Å². The molecule has 1 heterocycles. The number of hydrogen-bond acceptors (Lipinski definition) is 6. The number of sulfonamides is 1. The molecule has 1 aromatic carbocycles. The number of halogens is 1. The Bertz CT molecular complexity index is 1150. The zero-order valence-electron chi connectivity index (χ0n) is 21.5. The van der Waals surface area contributed by atoms with Crippen molar-refractivity contribution in [3.05, 3.63) is 42.2 Å². The molecule has 0 radical (unpaired) electrons. The Kier molecular flexibility index (Phi) is 9.07. The van der Waals surface area contributed by atoms with E-state index in [0.717, 1.165) is 32.1 Å². The van der Waals surface area contributed by atoms with Gasteiger partial charge in [-0.2, -0.15) is 0 Å². The van der Waals surface area contributed by atoms with Crippen LogP contribution in [0.5, 0.6) is 0 Å². The van der Waals surface area contributed by atoms with Gasteiger partial charge >= 0.3 is 0 Å². The highest BCUT2D eigenvalue weighted by Crippen LogP contribution is 2.40. The first-order valence-electron chi connectivity index (χ1n) is 13.5. The van der Waals surface area contributed by atoms with Crippen molar-refractivity contribution in [2.45, 2.75) is 81.5 Å². The van der Waals surface area contributed by atoms with Crippen molar-refractivity contribution >= 4 is 33.4 Å². The third kappa shape index (κ3) is 7.55. The summed E-state index contributed by atoms with van der Waals surface area (Å²) >= 11 is 0. The van der Waals surface area contributed by atoms with Crippen LogP contribution in [0.4, 0.5) is 10.1 Å². The van der Waals surface area contributed by atoms with Crippen LogP contribution < -0.4 is 15.8 Å². The van der Waals surface area contributed by atoms with Gasteiger partial charge in [0.15, 0.2) is 0 Å². The summed E-state index contributed by atoms with van der Waals surface area (Å²) < 4.78 is 39.4. The quantitative estimate of drug-likeness (QED) is 0.241. The van der Waals surface area contributed by atoms with Gasteiger partial charge in [0, 0.05) is 18.2 Å². The number of primary amides is 1. The number of carbonyl (C=O) groups excluding carboxylic acids is 3. The Hall–Kier alpha value is -2.95. The van der Waals surface area contributed by atoms with Gasteiger partial charge in [0.1, 0.15) is 17.9 Å². The number of benzene rings is 1. The number of nitrogens with zero attached hydrogens (tertiary/aromatic N) is 1. The number of hydrogen-bond donors (Lipinski definition) is 3. The Morgan fingerprint density at radius 3 is 2.53 bits per heavy atom. The maximum absolute atomic E-state index is 13.3. The molecule has 1 aromatic rings. The van der Waals surface area contributed by atoms with Gasteiger partial charge in [-0.25, -0.2) is 12.8 Å². The zero-order chi connectivity index (χ0) is 27.3. The summed E-state index contributed by atoms with van der Waals surface area (Å²) in [5.74, 6) is -1.60. The third-order valence-corrected chi connectivity index (χ3v) is 9.31. The fourth-order valence-corrected chi connectivity index (χ4v) is 6.35. The molecule has 4 N–H and O–H groups in total. The largest absolute Gasteiger partial charge is 0.374 e. The third-order valence-electron chi connectivity index (χ3n) is 7.48. The molecule has 0 spiro atoms. The minimum absolute atomic E-state index is 0.0879. The van der Waals surface area contributed by atoms with E-state index in [-0.39, 0.29) is 23.6 Å². The predicted octanol–water partition coefficient (Wildman–Crippen LogP) is 2.83. The molecular weight excluding hydrogens is 511 g/mol. The smallest absolute Gasteiger partial charge is 0.245 e. The molecule has 0 unspecified atom stereocenters. The van der Waals surface area contributed by atoms with E-state index in [0.29, 0.717) is 44.3 Å². The fourth-order valence-electron chi connectivity index (χ4n) is 5.00. The van der Waals surface area contributed by atoms with Crippen LogP contribution in [0.25, 0.3) is 0 Å². The second kappa shape index (κ2) is 12.3. The van der Waals surface area contributed by atoms with Crippen LogP contribution in [0.3, 0.4) is 0 Å². The minimum Gasteiger partial charge on any atom is -0.374 e. The number of nitrogens with one attached hydrogen (secondary N) is 2. The molecule has 208 valence electrons. The molecule has 9 nitrogen and oxygen atoms in total. The lowest BCUT2D eigenvalue weighted by Crippen LogP contribution is -2.49. The topological polar surface area (TPSA) is 139 Å². The molecule has 0 aromatic heterocycles. The number of likely N-dealkylation sites (tertiary alicyclic amines) is 1. The van der Waals surface area contributed by atoms with E-state index in [2.05, 4.69) is 10.0 Å². The number of anilines is 1. The van der Waals surface area contributed by atoms with Crippen molar-refractivity contribution in [1.82, 2.24) is 9.62 Å². The first-order valence-corrected chi connectivity index (χ1v) is 15.0. The molecule has 0 bridgehead atoms. The molecule has 1 saturated heterocycles. The number of amides is 3. The Labute approximate surface area is 223 Å². The van der Waals surface area contributed by atoms with E-state index in [1.165, 1.54) is 12.1 Å². The van der Waals surface area contributed by atoms with Crippen LogP contribution >= 0.6 is 0 Å². The second-order valence-electron chi connectivity index (χ2n) is 10.6. The van der Waals surface area contributed by atoms with Crippen LogP contribution in [-0.2, 0) is 24.4 Å². The molecule has 11 heteroatoms. The SMILES string of the molecule is NC(=O)[C@@H]1CCCN1C(=O)[C@H](CCCCC/C=C\[C@@H]1C[C@@H]1C(=O)NS(=O)(=O)C1CC1)Nc1ccc(F)cc1. The molecule has 2 saturated carbocycles.